The van der Waals surface area contributed by atoms with Gasteiger partial charge < -0.3 is 14.4 Å². The summed E-state index contributed by atoms with van der Waals surface area (Å²) >= 11 is 0. The van der Waals surface area contributed by atoms with E-state index in [2.05, 4.69) is 308 Å². The number of anilines is 6. The van der Waals surface area contributed by atoms with Gasteiger partial charge >= 0.3 is 0 Å². The van der Waals surface area contributed by atoms with Gasteiger partial charge in [0.1, 0.15) is 0 Å². The molecule has 0 radical (unpaired) electrons. The maximum absolute atomic E-state index is 2.68. The van der Waals surface area contributed by atoms with Gasteiger partial charge in [-0.05, 0) is 202 Å². The normalized spacial score (nSPS) is 12.8. The Bertz CT molecular complexity index is 4170. The van der Waals surface area contributed by atoms with Crippen molar-refractivity contribution in [3.8, 4) is 39.1 Å². The van der Waals surface area contributed by atoms with Crippen molar-refractivity contribution >= 4 is 55.9 Å². The number of aromatic nitrogens is 1. The molecular formula is C87H95N3. The highest BCUT2D eigenvalue weighted by atomic mass is 15.1. The zero-order valence-electron chi connectivity index (χ0n) is 55.6. The summed E-state index contributed by atoms with van der Waals surface area (Å²) in [6.45, 7) is 22.8. The second-order valence-electron chi connectivity index (χ2n) is 28.2. The minimum absolute atomic E-state index is 0.0194. The highest BCUT2D eigenvalue weighted by Gasteiger charge is 2.43. The monoisotopic (exact) mass is 1180 g/mol. The molecule has 458 valence electrons. The molecule has 0 saturated heterocycles. The molecule has 0 aliphatic heterocycles. The average molecular weight is 1180 g/mol. The van der Waals surface area contributed by atoms with Gasteiger partial charge in [-0.1, -0.05) is 259 Å². The largest absolute Gasteiger partial charge is 0.311 e. The Kier molecular flexibility index (Phi) is 18.3. The minimum atomic E-state index is -0.0194. The van der Waals surface area contributed by atoms with E-state index >= 15 is 0 Å². The van der Waals surface area contributed by atoms with Crippen LogP contribution >= 0.6 is 0 Å². The van der Waals surface area contributed by atoms with Crippen molar-refractivity contribution in [2.24, 2.45) is 0 Å². The lowest BCUT2D eigenvalue weighted by atomic mass is 9.70. The average Bonchev–Trinajstić information content (AvgIpc) is 1.60. The lowest BCUT2D eigenvalue weighted by Gasteiger charge is -2.33. The molecule has 0 atom stereocenters. The van der Waals surface area contributed by atoms with Crippen LogP contribution in [-0.4, -0.2) is 4.57 Å². The maximum Gasteiger partial charge on any atom is 0.0547 e. The Labute approximate surface area is 539 Å². The molecule has 1 aliphatic carbocycles. The van der Waals surface area contributed by atoms with E-state index in [1.165, 1.54) is 167 Å². The third-order valence-corrected chi connectivity index (χ3v) is 19.6. The van der Waals surface area contributed by atoms with Crippen LogP contribution in [0.4, 0.5) is 34.1 Å². The van der Waals surface area contributed by atoms with Crippen LogP contribution in [0.25, 0.3) is 60.9 Å². The topological polar surface area (TPSA) is 11.4 Å². The van der Waals surface area contributed by atoms with Crippen LogP contribution in [0.2, 0.25) is 0 Å². The zero-order valence-corrected chi connectivity index (χ0v) is 55.6. The highest BCUT2D eigenvalue weighted by Crippen LogP contribution is 2.56. The second kappa shape index (κ2) is 26.6. The van der Waals surface area contributed by atoms with Gasteiger partial charge in [-0.25, -0.2) is 0 Å². The smallest absolute Gasteiger partial charge is 0.0547 e. The van der Waals surface area contributed by atoms with Crippen molar-refractivity contribution in [1.82, 2.24) is 4.57 Å². The number of hydrogen-bond acceptors (Lipinski definition) is 2. The zero-order chi connectivity index (χ0) is 62.6. The molecule has 3 nitrogen and oxygen atoms in total. The van der Waals surface area contributed by atoms with E-state index in [0.29, 0.717) is 0 Å². The fraction of sp³-hybridized carbons (Fsp3) is 0.310. The number of rotatable bonds is 23. The number of nitrogens with zero attached hydrogens (tertiary/aromatic N) is 3. The Morgan fingerprint density at radius 1 is 0.333 bits per heavy atom. The van der Waals surface area contributed by atoms with Crippen molar-refractivity contribution in [3.63, 3.8) is 0 Å². The first-order chi connectivity index (χ1) is 43.6. The Morgan fingerprint density at radius 3 is 1.22 bits per heavy atom. The lowest BCUT2D eigenvalue weighted by molar-refractivity contribution is 0.398. The van der Waals surface area contributed by atoms with E-state index in [4.69, 9.17) is 0 Å². The van der Waals surface area contributed by atoms with E-state index in [0.717, 1.165) is 39.8 Å². The Hall–Kier alpha value is -8.40. The quantitative estimate of drug-likeness (QED) is 0.0592. The van der Waals surface area contributed by atoms with Gasteiger partial charge in [0.25, 0.3) is 0 Å². The molecule has 0 saturated carbocycles. The molecule has 11 aromatic rings. The van der Waals surface area contributed by atoms with E-state index in [-0.39, 0.29) is 16.2 Å². The molecule has 90 heavy (non-hydrogen) atoms. The maximum atomic E-state index is 2.68. The van der Waals surface area contributed by atoms with Gasteiger partial charge in [0.15, 0.2) is 0 Å². The molecule has 0 bridgehead atoms. The van der Waals surface area contributed by atoms with Crippen molar-refractivity contribution in [2.75, 3.05) is 9.80 Å². The van der Waals surface area contributed by atoms with E-state index < -0.39 is 0 Å². The first-order valence-electron chi connectivity index (χ1n) is 34.1. The predicted molar refractivity (Wildman–Crippen MR) is 390 cm³/mol. The van der Waals surface area contributed by atoms with Crippen LogP contribution in [0.1, 0.15) is 179 Å². The van der Waals surface area contributed by atoms with Gasteiger partial charge in [0.2, 0.25) is 0 Å². The summed E-state index contributed by atoms with van der Waals surface area (Å²) in [7, 11) is 0. The molecule has 12 rings (SSSR count). The van der Waals surface area contributed by atoms with Crippen LogP contribution in [0, 0.1) is 13.8 Å². The van der Waals surface area contributed by atoms with Crippen molar-refractivity contribution in [2.45, 2.75) is 175 Å². The van der Waals surface area contributed by atoms with Gasteiger partial charge in [0.05, 0.1) is 11.0 Å². The van der Waals surface area contributed by atoms with Crippen molar-refractivity contribution in [3.05, 3.63) is 258 Å². The fourth-order valence-electron chi connectivity index (χ4n) is 14.5. The molecule has 3 heteroatoms. The molecule has 1 aliphatic rings. The molecule has 0 spiro atoms. The van der Waals surface area contributed by atoms with Crippen LogP contribution in [0.3, 0.4) is 0 Å². The predicted octanol–water partition coefficient (Wildman–Crippen LogP) is 26.0. The molecule has 1 heterocycles. The molecular weight excluding hydrogens is 1090 g/mol. The number of unbranched alkanes of at least 4 members (excludes halogenated alkanes) is 10. The third kappa shape index (κ3) is 12.9. The highest BCUT2D eigenvalue weighted by molar-refractivity contribution is 6.12. The third-order valence-electron chi connectivity index (χ3n) is 19.6. The fourth-order valence-corrected chi connectivity index (χ4v) is 14.5. The van der Waals surface area contributed by atoms with Crippen molar-refractivity contribution in [1.29, 1.82) is 0 Å². The van der Waals surface area contributed by atoms with Gasteiger partial charge in [-0.3, -0.25) is 0 Å². The molecule has 10 aromatic carbocycles. The minimum Gasteiger partial charge on any atom is -0.311 e. The molecule has 0 N–H and O–H groups in total. The first kappa shape index (κ1) is 61.8. The number of hydrogen-bond donors (Lipinski definition) is 0. The molecule has 1 aromatic heterocycles. The Morgan fingerprint density at radius 2 is 0.733 bits per heavy atom. The SMILES string of the molecule is CCCCCCCCC1(CCCCCCCC)c2cc(C)ccc2-c2cc3c(cc21)c1cc(-c2ccccc2)ccc1n3-c1ccc(N(c2ccc(-c3ccc(N(c4ccc(C)cc4)c4ccc(C(C)(C)C)cc4)cc3)cc2)c2ccc(C(C)(C)C)cc2)cc1. The summed E-state index contributed by atoms with van der Waals surface area (Å²) < 4.78 is 2.56. The second-order valence-corrected chi connectivity index (χ2v) is 28.2. The summed E-state index contributed by atoms with van der Waals surface area (Å²) in [6, 6.07) is 85.6. The van der Waals surface area contributed by atoms with E-state index in [1.807, 2.05) is 0 Å². The lowest BCUT2D eigenvalue weighted by Crippen LogP contribution is -2.25. The summed E-state index contributed by atoms with van der Waals surface area (Å²) in [5, 5.41) is 2.65. The number of aryl methyl sites for hydroxylation is 2. The van der Waals surface area contributed by atoms with Crippen LogP contribution in [0.15, 0.2) is 224 Å². The van der Waals surface area contributed by atoms with Crippen molar-refractivity contribution < 1.29 is 0 Å². The summed E-state index contributed by atoms with van der Waals surface area (Å²) in [5.41, 5.74) is 26.6. The first-order valence-corrected chi connectivity index (χ1v) is 34.1. The number of fused-ring (bicyclic) bond motifs is 6. The van der Waals surface area contributed by atoms with Gasteiger partial charge in [0, 0.05) is 56.0 Å². The van der Waals surface area contributed by atoms with E-state index in [1.54, 1.807) is 11.1 Å². The molecule has 0 amide bonds. The van der Waals surface area contributed by atoms with Crippen LogP contribution < -0.4 is 9.80 Å². The molecule has 0 unspecified atom stereocenters. The van der Waals surface area contributed by atoms with Crippen LogP contribution in [0.5, 0.6) is 0 Å². The van der Waals surface area contributed by atoms with E-state index in [9.17, 15) is 0 Å². The number of benzene rings is 10. The standard InChI is InChI=1S/C87H95N3/c1-11-13-15-17-19-24-56-87(57-25-20-18-16-14-12-2)81-58-63(4)30-54-77(81)78-61-84-80(60-82(78)87)79-59-67(64-26-22-21-23-27-64)35-55-83(79)90(84)76-52-50-75(51-53-76)89(74-48-38-69(39-49-74)86(8,9)10)72-44-33-66(34-45-72)65-31-42-71(43-32-65)88(70-40-28-62(3)29-41-70)73-46-36-68(37-47-73)85(5,6)7/h21-23,26-55,58-61H,11-20,24-25,56-57H2,1-10H3. The van der Waals surface area contributed by atoms with Gasteiger partial charge in [-0.2, -0.15) is 0 Å². The summed E-state index contributed by atoms with van der Waals surface area (Å²) in [6.07, 6.45) is 18.1. The molecule has 0 fully saturated rings. The van der Waals surface area contributed by atoms with Crippen LogP contribution in [-0.2, 0) is 16.2 Å². The summed E-state index contributed by atoms with van der Waals surface area (Å²) in [5.74, 6) is 0. The Balaban J connectivity index is 0.931. The van der Waals surface area contributed by atoms with Gasteiger partial charge in [-0.15, -0.1) is 0 Å². The summed E-state index contributed by atoms with van der Waals surface area (Å²) in [4.78, 5) is 4.78.